The van der Waals surface area contributed by atoms with Crippen LogP contribution in [0.4, 0.5) is 15.8 Å². The van der Waals surface area contributed by atoms with Gasteiger partial charge < -0.3 is 10.4 Å². The number of pyridine rings is 1. The maximum atomic E-state index is 13.5. The lowest BCUT2D eigenvalue weighted by atomic mass is 10.1. The molecule has 0 aliphatic rings. The van der Waals surface area contributed by atoms with Crippen LogP contribution in [0.5, 0.6) is 5.75 Å². The molecular weight excluding hydrogens is 329 g/mol. The van der Waals surface area contributed by atoms with Gasteiger partial charge >= 0.3 is 0 Å². The first-order valence-corrected chi connectivity index (χ1v) is 7.21. The number of nitrogens with one attached hydrogen (secondary N) is 1. The Morgan fingerprint density at radius 2 is 2.00 bits per heavy atom. The van der Waals surface area contributed by atoms with Gasteiger partial charge in [0.1, 0.15) is 11.6 Å². The van der Waals surface area contributed by atoms with Gasteiger partial charge in [-0.25, -0.2) is 4.39 Å². The van der Waals surface area contributed by atoms with Gasteiger partial charge in [0.2, 0.25) is 0 Å². The number of nitro groups is 1. The van der Waals surface area contributed by atoms with Gasteiger partial charge in [-0.15, -0.1) is 0 Å². The summed E-state index contributed by atoms with van der Waals surface area (Å²) < 4.78 is 13.5. The molecule has 0 unspecified atom stereocenters. The van der Waals surface area contributed by atoms with Crippen molar-refractivity contribution in [3.8, 4) is 5.75 Å². The zero-order valence-corrected chi connectivity index (χ0v) is 13.0. The second-order valence-electron chi connectivity index (χ2n) is 5.39. The molecule has 2 N–H and O–H groups in total. The number of hydrogen-bond donors (Lipinski definition) is 2. The lowest BCUT2D eigenvalue weighted by Crippen LogP contribution is -2.13. The molecule has 0 atom stereocenters. The van der Waals surface area contributed by atoms with Crippen molar-refractivity contribution in [1.82, 2.24) is 4.98 Å². The first kappa shape index (κ1) is 16.3. The number of nitrogens with zero attached hydrogens (tertiary/aromatic N) is 2. The second-order valence-corrected chi connectivity index (χ2v) is 5.39. The summed E-state index contributed by atoms with van der Waals surface area (Å²) in [4.78, 5) is 27.0. The number of hydrogen-bond acceptors (Lipinski definition) is 5. The number of halogens is 1. The SMILES string of the molecule is Cc1cc(C(=O)Nc2cc([N+](=O)[O-])ccc2O)c2cc(F)ccc2n1. The van der Waals surface area contributed by atoms with Gasteiger partial charge in [-0.2, -0.15) is 0 Å². The third-order valence-electron chi connectivity index (χ3n) is 3.58. The van der Waals surface area contributed by atoms with Gasteiger partial charge in [0.25, 0.3) is 11.6 Å². The lowest BCUT2D eigenvalue weighted by Gasteiger charge is -2.10. The molecule has 0 radical (unpaired) electrons. The number of non-ortho nitro benzene ring substituents is 1. The van der Waals surface area contributed by atoms with Crippen molar-refractivity contribution in [3.05, 3.63) is 69.7 Å². The Labute approximate surface area is 140 Å². The molecule has 0 aliphatic carbocycles. The van der Waals surface area contributed by atoms with Crippen LogP contribution in [0.3, 0.4) is 0 Å². The zero-order valence-electron chi connectivity index (χ0n) is 13.0. The van der Waals surface area contributed by atoms with Crippen molar-refractivity contribution in [2.24, 2.45) is 0 Å². The van der Waals surface area contributed by atoms with Crippen LogP contribution in [0.25, 0.3) is 10.9 Å². The quantitative estimate of drug-likeness (QED) is 0.430. The van der Waals surface area contributed by atoms with Crippen LogP contribution >= 0.6 is 0 Å². The summed E-state index contributed by atoms with van der Waals surface area (Å²) in [6.45, 7) is 1.68. The Morgan fingerprint density at radius 3 is 2.72 bits per heavy atom. The highest BCUT2D eigenvalue weighted by Gasteiger charge is 2.17. The number of rotatable bonds is 3. The number of aromatic nitrogens is 1. The van der Waals surface area contributed by atoms with Crippen LogP contribution in [0, 0.1) is 22.9 Å². The smallest absolute Gasteiger partial charge is 0.271 e. The van der Waals surface area contributed by atoms with Crippen LogP contribution < -0.4 is 5.32 Å². The van der Waals surface area contributed by atoms with E-state index in [4.69, 9.17) is 0 Å². The molecule has 0 saturated heterocycles. The molecule has 0 saturated carbocycles. The van der Waals surface area contributed by atoms with Gasteiger partial charge in [0.15, 0.2) is 0 Å². The largest absolute Gasteiger partial charge is 0.506 e. The molecule has 0 bridgehead atoms. The molecule has 3 rings (SSSR count). The van der Waals surface area contributed by atoms with Crippen molar-refractivity contribution < 1.29 is 19.2 Å². The summed E-state index contributed by atoms with van der Waals surface area (Å²) in [7, 11) is 0. The first-order valence-electron chi connectivity index (χ1n) is 7.21. The Kier molecular flexibility index (Phi) is 4.02. The topological polar surface area (TPSA) is 105 Å². The standard InChI is InChI=1S/C17H12FN3O4/c1-9-6-13(12-7-10(18)2-4-14(12)19-9)17(23)20-15-8-11(21(24)25)3-5-16(15)22/h2-8,22H,1H3,(H,20,23). The number of phenols is 1. The minimum atomic E-state index is -0.642. The highest BCUT2D eigenvalue weighted by Crippen LogP contribution is 2.29. The predicted molar refractivity (Wildman–Crippen MR) is 89.2 cm³/mol. The minimum absolute atomic E-state index is 0.113. The summed E-state index contributed by atoms with van der Waals surface area (Å²) in [6, 6.07) is 8.64. The fourth-order valence-corrected chi connectivity index (χ4v) is 2.45. The second kappa shape index (κ2) is 6.16. The van der Waals surface area contributed by atoms with E-state index in [9.17, 15) is 24.4 Å². The van der Waals surface area contributed by atoms with Crippen molar-refractivity contribution in [2.75, 3.05) is 5.32 Å². The number of amides is 1. The molecule has 1 aromatic heterocycles. The number of carbonyl (C=O) groups is 1. The van der Waals surface area contributed by atoms with E-state index in [2.05, 4.69) is 10.3 Å². The fraction of sp³-hybridized carbons (Fsp3) is 0.0588. The van der Waals surface area contributed by atoms with Gasteiger partial charge in [-0.3, -0.25) is 19.9 Å². The van der Waals surface area contributed by atoms with E-state index in [1.807, 2.05) is 0 Å². The number of anilines is 1. The molecule has 3 aromatic rings. The van der Waals surface area contributed by atoms with Crippen LogP contribution in [0.1, 0.15) is 16.1 Å². The van der Waals surface area contributed by atoms with E-state index in [0.29, 0.717) is 16.6 Å². The van der Waals surface area contributed by atoms with E-state index in [0.717, 1.165) is 18.2 Å². The summed E-state index contributed by atoms with van der Waals surface area (Å²) in [5, 5.41) is 23.4. The van der Waals surface area contributed by atoms with Crippen molar-refractivity contribution in [1.29, 1.82) is 0 Å². The average Bonchev–Trinajstić information content (AvgIpc) is 2.56. The number of aromatic hydroxyl groups is 1. The highest BCUT2D eigenvalue weighted by molar-refractivity contribution is 6.12. The number of carbonyl (C=O) groups excluding carboxylic acids is 1. The average molecular weight is 341 g/mol. The summed E-state index contributed by atoms with van der Waals surface area (Å²) in [5.74, 6) is -1.48. The molecule has 1 amide bonds. The fourth-order valence-electron chi connectivity index (χ4n) is 2.45. The van der Waals surface area contributed by atoms with Crippen molar-refractivity contribution >= 4 is 28.2 Å². The predicted octanol–water partition coefficient (Wildman–Crippen LogP) is 3.55. The molecule has 0 spiro atoms. The Morgan fingerprint density at radius 1 is 1.24 bits per heavy atom. The summed E-state index contributed by atoms with van der Waals surface area (Å²) in [5.41, 5.74) is 0.739. The molecule has 25 heavy (non-hydrogen) atoms. The van der Waals surface area contributed by atoms with E-state index >= 15 is 0 Å². The van der Waals surface area contributed by atoms with Crippen LogP contribution in [-0.2, 0) is 0 Å². The number of aryl methyl sites for hydroxylation is 1. The van der Waals surface area contributed by atoms with Gasteiger partial charge in [-0.05, 0) is 37.3 Å². The molecule has 0 fully saturated rings. The van der Waals surface area contributed by atoms with Crippen molar-refractivity contribution in [2.45, 2.75) is 6.92 Å². The van der Waals surface area contributed by atoms with Crippen LogP contribution in [0.15, 0.2) is 42.5 Å². The van der Waals surface area contributed by atoms with Gasteiger partial charge in [0, 0.05) is 23.2 Å². The maximum absolute atomic E-state index is 13.5. The summed E-state index contributed by atoms with van der Waals surface area (Å²) in [6.07, 6.45) is 0. The number of phenolic OH excluding ortho intramolecular Hbond substituents is 1. The number of nitro benzene ring substituents is 1. The first-order chi connectivity index (χ1) is 11.8. The molecule has 1 heterocycles. The molecule has 8 heteroatoms. The van der Waals surface area contributed by atoms with Gasteiger partial charge in [0.05, 0.1) is 21.7 Å². The van der Waals surface area contributed by atoms with E-state index in [1.54, 1.807) is 6.92 Å². The lowest BCUT2D eigenvalue weighted by molar-refractivity contribution is -0.384. The van der Waals surface area contributed by atoms with E-state index in [-0.39, 0.29) is 22.7 Å². The third kappa shape index (κ3) is 3.23. The number of benzene rings is 2. The molecular formula is C17H12FN3O4. The zero-order chi connectivity index (χ0) is 18.1. The Bertz CT molecular complexity index is 1020. The minimum Gasteiger partial charge on any atom is -0.506 e. The normalized spacial score (nSPS) is 10.6. The van der Waals surface area contributed by atoms with E-state index in [1.165, 1.54) is 24.3 Å². The Balaban J connectivity index is 2.05. The van der Waals surface area contributed by atoms with E-state index < -0.39 is 16.6 Å². The van der Waals surface area contributed by atoms with Gasteiger partial charge in [-0.1, -0.05) is 0 Å². The third-order valence-corrected chi connectivity index (χ3v) is 3.58. The Hall–Kier alpha value is -3.55. The van der Waals surface area contributed by atoms with Crippen LogP contribution in [0.2, 0.25) is 0 Å². The molecule has 126 valence electrons. The monoisotopic (exact) mass is 341 g/mol. The number of fused-ring (bicyclic) bond motifs is 1. The van der Waals surface area contributed by atoms with Crippen LogP contribution in [-0.4, -0.2) is 20.9 Å². The highest BCUT2D eigenvalue weighted by atomic mass is 19.1. The summed E-state index contributed by atoms with van der Waals surface area (Å²) >= 11 is 0. The molecule has 7 nitrogen and oxygen atoms in total. The maximum Gasteiger partial charge on any atom is 0.271 e. The molecule has 0 aliphatic heterocycles. The molecule has 2 aromatic carbocycles. The van der Waals surface area contributed by atoms with Crippen molar-refractivity contribution in [3.63, 3.8) is 0 Å².